The Hall–Kier alpha value is -0.860. The summed E-state index contributed by atoms with van der Waals surface area (Å²) in [7, 11) is 0. The second kappa shape index (κ2) is 7.17. The summed E-state index contributed by atoms with van der Waals surface area (Å²) in [6, 6.07) is 0. The molecule has 0 spiro atoms. The average molecular weight is 331 g/mol. The van der Waals surface area contributed by atoms with Crippen molar-refractivity contribution in [1.29, 1.82) is 0 Å². The Morgan fingerprint density at radius 2 is 2.04 bits per heavy atom. The van der Waals surface area contributed by atoms with Crippen molar-refractivity contribution in [3.05, 3.63) is 35.5 Å². The van der Waals surface area contributed by atoms with Crippen LogP contribution in [0.2, 0.25) is 0 Å². The van der Waals surface area contributed by atoms with Crippen LogP contribution >= 0.6 is 0 Å². The van der Waals surface area contributed by atoms with Gasteiger partial charge in [-0.2, -0.15) is 0 Å². The maximum Gasteiger partial charge on any atom is 0.0784 e. The molecule has 5 atom stereocenters. The van der Waals surface area contributed by atoms with Crippen LogP contribution in [0.3, 0.4) is 0 Å². The van der Waals surface area contributed by atoms with Gasteiger partial charge < -0.3 is 10.2 Å². The molecule has 3 saturated carbocycles. The molecule has 3 aliphatic rings. The summed E-state index contributed by atoms with van der Waals surface area (Å²) in [6.07, 6.45) is 13.4. The van der Waals surface area contributed by atoms with Crippen molar-refractivity contribution in [2.24, 2.45) is 23.2 Å². The molecule has 3 fully saturated rings. The highest BCUT2D eigenvalue weighted by Gasteiger charge is 2.50. The van der Waals surface area contributed by atoms with E-state index in [0.29, 0.717) is 29.8 Å². The zero-order valence-corrected chi connectivity index (χ0v) is 15.4. The van der Waals surface area contributed by atoms with Crippen molar-refractivity contribution in [2.75, 3.05) is 6.61 Å². The molecule has 3 aliphatic carbocycles. The van der Waals surface area contributed by atoms with Gasteiger partial charge in [-0.25, -0.2) is 0 Å². The van der Waals surface area contributed by atoms with Gasteiger partial charge in [0.05, 0.1) is 6.10 Å². The minimum Gasteiger partial charge on any atom is -0.396 e. The van der Waals surface area contributed by atoms with E-state index < -0.39 is 0 Å². The number of rotatable bonds is 3. The molecule has 0 heterocycles. The van der Waals surface area contributed by atoms with Crippen LogP contribution in [0.5, 0.6) is 0 Å². The van der Waals surface area contributed by atoms with Crippen LogP contribution < -0.4 is 0 Å². The predicted molar refractivity (Wildman–Crippen MR) is 99.6 cm³/mol. The largest absolute Gasteiger partial charge is 0.396 e. The lowest BCUT2D eigenvalue weighted by Crippen LogP contribution is -2.36. The lowest BCUT2D eigenvalue weighted by Gasteiger charge is -2.44. The van der Waals surface area contributed by atoms with Gasteiger partial charge in [0.1, 0.15) is 0 Å². The van der Waals surface area contributed by atoms with E-state index >= 15 is 0 Å². The van der Waals surface area contributed by atoms with Gasteiger partial charge >= 0.3 is 0 Å². The molecule has 0 saturated heterocycles. The van der Waals surface area contributed by atoms with Crippen molar-refractivity contribution in [3.63, 3.8) is 0 Å². The quantitative estimate of drug-likeness (QED) is 0.731. The number of hydrogen-bond acceptors (Lipinski definition) is 2. The molecule has 0 aromatic rings. The first-order valence-corrected chi connectivity index (χ1v) is 9.80. The fourth-order valence-electron chi connectivity index (χ4n) is 5.70. The van der Waals surface area contributed by atoms with Crippen molar-refractivity contribution in [1.82, 2.24) is 0 Å². The van der Waals surface area contributed by atoms with Crippen LogP contribution in [0.25, 0.3) is 0 Å². The Labute approximate surface area is 147 Å². The summed E-state index contributed by atoms with van der Waals surface area (Å²) in [5.41, 5.74) is 4.34. The summed E-state index contributed by atoms with van der Waals surface area (Å²) in [5.74, 6) is 1.76. The molecule has 134 valence electrons. The molecule has 0 aromatic heterocycles. The third-order valence-electron chi connectivity index (χ3n) is 7.24. The molecule has 3 rings (SSSR count). The van der Waals surface area contributed by atoms with Gasteiger partial charge in [-0.15, -0.1) is 0 Å². The number of fused-ring (bicyclic) bond motifs is 1. The summed E-state index contributed by atoms with van der Waals surface area (Å²) in [6.45, 7) is 8.95. The van der Waals surface area contributed by atoms with Crippen LogP contribution in [0.4, 0.5) is 0 Å². The topological polar surface area (TPSA) is 40.5 Å². The molecule has 2 heteroatoms. The second-order valence-corrected chi connectivity index (χ2v) is 8.70. The first-order chi connectivity index (χ1) is 11.5. The van der Waals surface area contributed by atoms with Crippen LogP contribution in [-0.4, -0.2) is 22.9 Å². The first kappa shape index (κ1) is 17.9. The lowest BCUT2D eigenvalue weighted by atomic mass is 9.61. The minimum atomic E-state index is -0.346. The van der Waals surface area contributed by atoms with Crippen molar-refractivity contribution in [3.8, 4) is 0 Å². The maximum absolute atomic E-state index is 10.0. The number of hydrogen-bond donors (Lipinski definition) is 2. The molecule has 0 aliphatic heterocycles. The van der Waals surface area contributed by atoms with Gasteiger partial charge in [-0.05, 0) is 80.1 Å². The summed E-state index contributed by atoms with van der Waals surface area (Å²) >= 11 is 0. The fraction of sp³-hybridized carbons (Fsp3) is 0.727. The van der Waals surface area contributed by atoms with Gasteiger partial charge in [-0.3, -0.25) is 0 Å². The molecule has 0 amide bonds. The van der Waals surface area contributed by atoms with Crippen LogP contribution in [0, 0.1) is 23.2 Å². The molecule has 2 nitrogen and oxygen atoms in total. The Kier molecular flexibility index (Phi) is 5.36. The summed E-state index contributed by atoms with van der Waals surface area (Å²) in [4.78, 5) is 0. The third-order valence-corrected chi connectivity index (χ3v) is 7.24. The molecule has 0 radical (unpaired) electrons. The van der Waals surface area contributed by atoms with E-state index in [1.165, 1.54) is 37.7 Å². The zero-order valence-electron chi connectivity index (χ0n) is 15.4. The Bertz CT molecular complexity index is 544. The molecular weight excluding hydrogens is 296 g/mol. The molecule has 2 N–H and O–H groups in total. The average Bonchev–Trinajstić information content (AvgIpc) is 2.92. The van der Waals surface area contributed by atoms with E-state index in [4.69, 9.17) is 0 Å². The van der Waals surface area contributed by atoms with Crippen LogP contribution in [0.1, 0.15) is 65.2 Å². The van der Waals surface area contributed by atoms with Crippen molar-refractivity contribution >= 4 is 0 Å². The smallest absolute Gasteiger partial charge is 0.0784 e. The molecule has 24 heavy (non-hydrogen) atoms. The molecule has 0 bridgehead atoms. The van der Waals surface area contributed by atoms with Crippen LogP contribution in [0.15, 0.2) is 35.5 Å². The van der Waals surface area contributed by atoms with Gasteiger partial charge in [0.2, 0.25) is 0 Å². The SMILES string of the molecule is C=C1CC/C(=C\C=C2/CCC[C@]3(C)[C@@H]([C@H](C)CO)CC[C@@H]23)C[C@@H]1O. The van der Waals surface area contributed by atoms with Gasteiger partial charge in [0.15, 0.2) is 0 Å². The number of allylic oxidation sites excluding steroid dienone is 3. The minimum absolute atomic E-state index is 0.317. The van der Waals surface area contributed by atoms with E-state index in [1.807, 2.05) is 0 Å². The summed E-state index contributed by atoms with van der Waals surface area (Å²) in [5, 5.41) is 19.6. The number of aliphatic hydroxyl groups is 2. The highest BCUT2D eigenvalue weighted by atomic mass is 16.3. The third kappa shape index (κ3) is 3.28. The van der Waals surface area contributed by atoms with Crippen molar-refractivity contribution < 1.29 is 10.2 Å². The van der Waals surface area contributed by atoms with E-state index in [1.54, 1.807) is 5.57 Å². The predicted octanol–water partition coefficient (Wildman–Crippen LogP) is 4.79. The zero-order chi connectivity index (χ0) is 17.3. The Morgan fingerprint density at radius 1 is 1.25 bits per heavy atom. The Balaban J connectivity index is 1.76. The number of aliphatic hydroxyl groups excluding tert-OH is 2. The normalized spacial score (nSPS) is 41.7. The molecular formula is C22H34O2. The van der Waals surface area contributed by atoms with Gasteiger partial charge in [0, 0.05) is 6.61 Å². The Morgan fingerprint density at radius 3 is 2.75 bits per heavy atom. The van der Waals surface area contributed by atoms with Gasteiger partial charge in [0.25, 0.3) is 0 Å². The molecule has 0 unspecified atom stereocenters. The lowest BCUT2D eigenvalue weighted by molar-refractivity contribution is 0.0690. The standard InChI is InChI=1S/C22H34O2/c1-15-6-7-17(13-21(15)24)8-9-18-5-4-12-22(3)19(16(2)14-23)10-11-20(18)22/h8-9,16,19-21,23-24H,1,4-7,10-14H2,2-3H3/b17-8+,18-9+/t16-,19-,20+,21+,22-/m1/s1. The molecule has 0 aromatic carbocycles. The van der Waals surface area contributed by atoms with E-state index in [0.717, 1.165) is 24.8 Å². The highest BCUT2D eigenvalue weighted by molar-refractivity contribution is 5.28. The first-order valence-electron chi connectivity index (χ1n) is 9.80. The second-order valence-electron chi connectivity index (χ2n) is 8.70. The van der Waals surface area contributed by atoms with E-state index in [9.17, 15) is 10.2 Å². The van der Waals surface area contributed by atoms with Crippen molar-refractivity contribution in [2.45, 2.75) is 71.3 Å². The van der Waals surface area contributed by atoms with Crippen LogP contribution in [-0.2, 0) is 0 Å². The van der Waals surface area contributed by atoms with E-state index in [2.05, 4.69) is 32.6 Å². The summed E-state index contributed by atoms with van der Waals surface area (Å²) < 4.78 is 0. The maximum atomic E-state index is 10.0. The van der Waals surface area contributed by atoms with E-state index in [-0.39, 0.29) is 6.10 Å². The monoisotopic (exact) mass is 330 g/mol. The highest BCUT2D eigenvalue weighted by Crippen LogP contribution is 2.59. The van der Waals surface area contributed by atoms with Gasteiger partial charge in [-0.1, -0.05) is 43.7 Å². The fourth-order valence-corrected chi connectivity index (χ4v) is 5.70.